The number of hydrogen-bond acceptors (Lipinski definition) is 7. The molecule has 0 radical (unpaired) electrons. The third-order valence-corrected chi connectivity index (χ3v) is 7.40. The fraction of sp³-hybridized carbons (Fsp3) is 0.308. The van der Waals surface area contributed by atoms with Crippen LogP contribution in [0.5, 0.6) is 5.75 Å². The van der Waals surface area contributed by atoms with E-state index in [0.29, 0.717) is 18.3 Å². The maximum Gasteiger partial charge on any atom is 0.193 e. The molecule has 5 heterocycles. The highest BCUT2D eigenvalue weighted by Crippen LogP contribution is 2.42. The molecule has 8 nitrogen and oxygen atoms in total. The smallest absolute Gasteiger partial charge is 0.193 e. The van der Waals surface area contributed by atoms with E-state index in [-0.39, 0.29) is 6.23 Å². The summed E-state index contributed by atoms with van der Waals surface area (Å²) in [5, 5.41) is 10.4. The summed E-state index contributed by atoms with van der Waals surface area (Å²) in [7, 11) is 0. The van der Waals surface area contributed by atoms with Gasteiger partial charge in [0.2, 0.25) is 0 Å². The van der Waals surface area contributed by atoms with Gasteiger partial charge in [-0.1, -0.05) is 30.3 Å². The molecule has 0 aliphatic carbocycles. The number of hydrogen-bond donors (Lipinski definition) is 0. The van der Waals surface area contributed by atoms with Crippen LogP contribution in [0.3, 0.4) is 0 Å². The first kappa shape index (κ1) is 23.1. The van der Waals surface area contributed by atoms with Crippen LogP contribution in [0.15, 0.2) is 55.0 Å². The van der Waals surface area contributed by atoms with E-state index in [4.69, 9.17) is 36.3 Å². The number of alkyl halides is 1. The molecule has 1 saturated heterocycles. The second-order valence-electron chi connectivity index (χ2n) is 8.62. The summed E-state index contributed by atoms with van der Waals surface area (Å²) in [6.07, 6.45) is 6.76. The van der Waals surface area contributed by atoms with Crippen LogP contribution in [0.4, 0.5) is 0 Å². The van der Waals surface area contributed by atoms with Gasteiger partial charge in [-0.3, -0.25) is 0 Å². The van der Waals surface area contributed by atoms with Gasteiger partial charge in [0.15, 0.2) is 12.1 Å². The van der Waals surface area contributed by atoms with Gasteiger partial charge in [-0.15, -0.1) is 28.0 Å². The predicted molar refractivity (Wildman–Crippen MR) is 141 cm³/mol. The highest BCUT2D eigenvalue weighted by molar-refractivity contribution is 7.19. The zero-order valence-electron chi connectivity index (χ0n) is 19.8. The summed E-state index contributed by atoms with van der Waals surface area (Å²) in [5.41, 5.74) is 4.65. The molecular formula is C26H25ClN6O2S. The van der Waals surface area contributed by atoms with Crippen LogP contribution in [0.1, 0.15) is 31.2 Å². The molecule has 1 atom stereocenters. The summed E-state index contributed by atoms with van der Waals surface area (Å²) >= 11 is 7.39. The minimum atomic E-state index is -0.0687. The number of thiazole rings is 1. The predicted octanol–water partition coefficient (Wildman–Crippen LogP) is 6.01. The molecule has 184 valence electrons. The lowest BCUT2D eigenvalue weighted by molar-refractivity contribution is -0.0395. The van der Waals surface area contributed by atoms with Crippen LogP contribution in [0.25, 0.3) is 38.0 Å². The van der Waals surface area contributed by atoms with Crippen LogP contribution in [-0.4, -0.2) is 48.5 Å². The van der Waals surface area contributed by atoms with E-state index in [1.54, 1.807) is 17.7 Å². The molecule has 1 aromatic carbocycles. The molecule has 4 aromatic heterocycles. The third kappa shape index (κ3) is 4.38. The lowest BCUT2D eigenvalue weighted by atomic mass is 10.1. The minimum absolute atomic E-state index is 0.0687. The Kier molecular flexibility index (Phi) is 6.43. The standard InChI is InChI=1S/C26H25ClN6O2S/c1-17-22(20-15-19(34-14-11-27)10-12-32(20)30-17)26-29-23(18-7-3-2-4-8-18)24(36-26)25-28-16-33(31-25)21-9-5-6-13-35-21/h2-4,7-8,10,12,15-16,21H,5-6,9,11,13-14H2,1H3. The number of pyridine rings is 1. The van der Waals surface area contributed by atoms with Gasteiger partial charge in [0.1, 0.15) is 28.6 Å². The van der Waals surface area contributed by atoms with E-state index in [9.17, 15) is 0 Å². The molecule has 0 saturated carbocycles. The van der Waals surface area contributed by atoms with Crippen LogP contribution >= 0.6 is 22.9 Å². The maximum absolute atomic E-state index is 5.91. The molecule has 36 heavy (non-hydrogen) atoms. The Morgan fingerprint density at radius 2 is 2.06 bits per heavy atom. The Morgan fingerprint density at radius 3 is 2.86 bits per heavy atom. The van der Waals surface area contributed by atoms with E-state index in [1.807, 2.05) is 52.6 Å². The van der Waals surface area contributed by atoms with Gasteiger partial charge < -0.3 is 9.47 Å². The summed E-state index contributed by atoms with van der Waals surface area (Å²) < 4.78 is 15.4. The quantitative estimate of drug-likeness (QED) is 0.244. The maximum atomic E-state index is 5.91. The van der Waals surface area contributed by atoms with Gasteiger partial charge in [0, 0.05) is 24.4 Å². The van der Waals surface area contributed by atoms with E-state index >= 15 is 0 Å². The Labute approximate surface area is 217 Å². The fourth-order valence-corrected chi connectivity index (χ4v) is 5.68. The zero-order chi connectivity index (χ0) is 24.5. The first-order valence-corrected chi connectivity index (χ1v) is 13.3. The fourth-order valence-electron chi connectivity index (χ4n) is 4.48. The molecule has 1 aliphatic heterocycles. The second-order valence-corrected chi connectivity index (χ2v) is 10.00. The van der Waals surface area contributed by atoms with Crippen molar-refractivity contribution >= 4 is 28.5 Å². The first-order chi connectivity index (χ1) is 17.7. The van der Waals surface area contributed by atoms with Gasteiger partial charge in [-0.25, -0.2) is 19.2 Å². The number of nitrogens with zero attached hydrogens (tertiary/aromatic N) is 6. The molecule has 1 fully saturated rings. The number of halogens is 1. The van der Waals surface area contributed by atoms with Gasteiger partial charge in [-0.2, -0.15) is 5.10 Å². The van der Waals surface area contributed by atoms with Gasteiger partial charge >= 0.3 is 0 Å². The van der Waals surface area contributed by atoms with Crippen molar-refractivity contribution in [3.8, 4) is 38.3 Å². The number of fused-ring (bicyclic) bond motifs is 1. The number of benzene rings is 1. The molecule has 0 spiro atoms. The van der Waals surface area contributed by atoms with Crippen molar-refractivity contribution in [1.82, 2.24) is 29.4 Å². The molecule has 10 heteroatoms. The molecular weight excluding hydrogens is 496 g/mol. The van der Waals surface area contributed by atoms with Gasteiger partial charge in [0.05, 0.1) is 28.3 Å². The van der Waals surface area contributed by atoms with Crippen LogP contribution < -0.4 is 4.74 Å². The third-order valence-electron chi connectivity index (χ3n) is 6.18. The van der Waals surface area contributed by atoms with Crippen molar-refractivity contribution in [1.29, 1.82) is 0 Å². The summed E-state index contributed by atoms with van der Waals surface area (Å²) in [4.78, 5) is 10.7. The summed E-state index contributed by atoms with van der Waals surface area (Å²) in [6.45, 7) is 3.20. The van der Waals surface area contributed by atoms with E-state index in [1.165, 1.54) is 0 Å². The molecule has 1 aliphatic rings. The minimum Gasteiger partial charge on any atom is -0.492 e. The highest BCUT2D eigenvalue weighted by Gasteiger charge is 2.24. The molecule has 5 aromatic rings. The molecule has 1 unspecified atom stereocenters. The highest BCUT2D eigenvalue weighted by atomic mass is 35.5. The number of aromatic nitrogens is 6. The lowest BCUT2D eigenvalue weighted by Crippen LogP contribution is -2.18. The Bertz CT molecular complexity index is 1490. The second kappa shape index (κ2) is 10.0. The van der Waals surface area contributed by atoms with Crippen molar-refractivity contribution < 1.29 is 9.47 Å². The molecule has 0 N–H and O–H groups in total. The summed E-state index contributed by atoms with van der Waals surface area (Å²) in [6, 6.07) is 14.0. The van der Waals surface area contributed by atoms with Crippen molar-refractivity contribution in [2.45, 2.75) is 32.4 Å². The number of ether oxygens (including phenoxy) is 2. The van der Waals surface area contributed by atoms with E-state index < -0.39 is 0 Å². The van der Waals surface area contributed by atoms with Crippen molar-refractivity contribution in [3.05, 3.63) is 60.7 Å². The average molecular weight is 521 g/mol. The average Bonchev–Trinajstić information content (AvgIpc) is 3.64. The van der Waals surface area contributed by atoms with Crippen LogP contribution in [0, 0.1) is 6.92 Å². The number of rotatable bonds is 7. The largest absolute Gasteiger partial charge is 0.492 e. The van der Waals surface area contributed by atoms with Gasteiger partial charge in [0.25, 0.3) is 0 Å². The Hall–Kier alpha value is -3.27. The van der Waals surface area contributed by atoms with Gasteiger partial charge in [-0.05, 0) is 32.3 Å². The molecule has 0 amide bonds. The Balaban J connectivity index is 1.46. The van der Waals surface area contributed by atoms with Crippen LogP contribution in [-0.2, 0) is 4.74 Å². The van der Waals surface area contributed by atoms with Crippen molar-refractivity contribution in [2.75, 3.05) is 19.1 Å². The van der Waals surface area contributed by atoms with Crippen molar-refractivity contribution in [3.63, 3.8) is 0 Å². The van der Waals surface area contributed by atoms with Crippen LogP contribution in [0.2, 0.25) is 0 Å². The zero-order valence-corrected chi connectivity index (χ0v) is 21.4. The Morgan fingerprint density at radius 1 is 1.17 bits per heavy atom. The van der Waals surface area contributed by atoms with Crippen molar-refractivity contribution in [2.24, 2.45) is 0 Å². The van der Waals surface area contributed by atoms with E-state index in [2.05, 4.69) is 17.1 Å². The number of aryl methyl sites for hydroxylation is 1. The molecule has 6 rings (SSSR count). The first-order valence-electron chi connectivity index (χ1n) is 12.0. The monoisotopic (exact) mass is 520 g/mol. The summed E-state index contributed by atoms with van der Waals surface area (Å²) in [5.74, 6) is 1.82. The molecule has 0 bridgehead atoms. The SMILES string of the molecule is Cc1nn2ccc(OCCCl)cc2c1-c1nc(-c2ccccc2)c(-c2ncn(C3CCCCO3)n2)s1. The lowest BCUT2D eigenvalue weighted by Gasteiger charge is -2.21. The van der Waals surface area contributed by atoms with E-state index in [0.717, 1.165) is 69.5 Å². The normalized spacial score (nSPS) is 16.0. The topological polar surface area (TPSA) is 79.4 Å².